The van der Waals surface area contributed by atoms with E-state index in [1.807, 2.05) is 30.4 Å². The third-order valence-electron chi connectivity index (χ3n) is 2.81. The van der Waals surface area contributed by atoms with Crippen LogP contribution in [0, 0.1) is 0 Å². The summed E-state index contributed by atoms with van der Waals surface area (Å²) in [5.74, 6) is 10.9. The topological polar surface area (TPSA) is 76.1 Å². The number of hydrogen-bond acceptors (Lipinski definition) is 4. The smallest absolute Gasteiger partial charge is 0.116 e. The zero-order valence-corrected chi connectivity index (χ0v) is 8.98. The van der Waals surface area contributed by atoms with E-state index in [0.29, 0.717) is 6.42 Å². The average molecular weight is 216 g/mol. The monoisotopic (exact) mass is 216 g/mol. The minimum absolute atomic E-state index is 0.529. The molecule has 84 valence electrons. The number of nitrogens with two attached hydrogens (primary N) is 2. The van der Waals surface area contributed by atoms with Gasteiger partial charge in [0.25, 0.3) is 0 Å². The molecule has 0 aromatic heterocycles. The van der Waals surface area contributed by atoms with Gasteiger partial charge in [0.1, 0.15) is 5.66 Å². The molecule has 6 N–H and O–H groups in total. The Morgan fingerprint density at radius 1 is 1.06 bits per heavy atom. The maximum Gasteiger partial charge on any atom is 0.116 e. The Hall–Kier alpha value is -1.46. The summed E-state index contributed by atoms with van der Waals surface area (Å²) in [5.41, 5.74) is 7.19. The van der Waals surface area contributed by atoms with Gasteiger partial charge in [-0.2, -0.15) is 0 Å². The average Bonchev–Trinajstić information content (AvgIpc) is 2.40. The number of rotatable bonds is 3. The van der Waals surface area contributed by atoms with Gasteiger partial charge < -0.3 is 0 Å². The van der Waals surface area contributed by atoms with Crippen molar-refractivity contribution in [1.29, 1.82) is 0 Å². The minimum atomic E-state index is -0.529. The molecule has 1 aromatic rings. The molecule has 1 aliphatic carbocycles. The highest BCUT2D eigenvalue weighted by molar-refractivity contribution is 5.75. The Balaban J connectivity index is 2.20. The van der Waals surface area contributed by atoms with E-state index >= 15 is 0 Å². The lowest BCUT2D eigenvalue weighted by Crippen LogP contribution is -2.61. The van der Waals surface area contributed by atoms with Crippen LogP contribution in [0.25, 0.3) is 5.57 Å². The van der Waals surface area contributed by atoms with Crippen LogP contribution in [-0.2, 0) is 0 Å². The molecule has 16 heavy (non-hydrogen) atoms. The molecule has 0 bridgehead atoms. The lowest BCUT2D eigenvalue weighted by molar-refractivity contribution is 0.335. The molecular weight excluding hydrogens is 200 g/mol. The molecule has 0 fully saturated rings. The summed E-state index contributed by atoms with van der Waals surface area (Å²) in [4.78, 5) is 0. The van der Waals surface area contributed by atoms with Gasteiger partial charge in [-0.3, -0.25) is 11.7 Å². The summed E-state index contributed by atoms with van der Waals surface area (Å²) in [6.07, 6.45) is 6.77. The quantitative estimate of drug-likeness (QED) is 0.340. The molecule has 0 atom stereocenters. The Bertz CT molecular complexity index is 404. The van der Waals surface area contributed by atoms with Gasteiger partial charge in [-0.25, -0.2) is 10.9 Å². The Morgan fingerprint density at radius 3 is 2.25 bits per heavy atom. The molecule has 1 aromatic carbocycles. The summed E-state index contributed by atoms with van der Waals surface area (Å²) >= 11 is 0. The second-order valence-corrected chi connectivity index (χ2v) is 3.82. The molecule has 0 heterocycles. The van der Waals surface area contributed by atoms with E-state index in [4.69, 9.17) is 11.7 Å². The number of hydrogen-bond donors (Lipinski definition) is 4. The second kappa shape index (κ2) is 4.59. The van der Waals surface area contributed by atoms with Crippen LogP contribution in [0.3, 0.4) is 0 Å². The van der Waals surface area contributed by atoms with E-state index in [-0.39, 0.29) is 0 Å². The summed E-state index contributed by atoms with van der Waals surface area (Å²) < 4.78 is 0. The summed E-state index contributed by atoms with van der Waals surface area (Å²) in [6.45, 7) is 0. The van der Waals surface area contributed by atoms with Gasteiger partial charge >= 0.3 is 0 Å². The highest BCUT2D eigenvalue weighted by Crippen LogP contribution is 2.24. The SMILES string of the molecule is NNC1(NN)C=CC(c2ccccc2)=CC1. The van der Waals surface area contributed by atoms with Crippen molar-refractivity contribution in [2.45, 2.75) is 12.1 Å². The molecule has 0 aliphatic heterocycles. The summed E-state index contributed by atoms with van der Waals surface area (Å²) in [6, 6.07) is 10.2. The molecule has 4 heteroatoms. The standard InChI is InChI=1S/C12H16N4/c13-15-12(16-14)8-6-11(7-9-12)10-4-2-1-3-5-10/h1-8,15-16H,9,13-14H2. The van der Waals surface area contributed by atoms with Gasteiger partial charge in [0.2, 0.25) is 0 Å². The van der Waals surface area contributed by atoms with Crippen LogP contribution in [0.15, 0.2) is 48.6 Å². The lowest BCUT2D eigenvalue weighted by Gasteiger charge is -2.30. The molecule has 4 nitrogen and oxygen atoms in total. The van der Waals surface area contributed by atoms with E-state index in [0.717, 1.165) is 0 Å². The highest BCUT2D eigenvalue weighted by Gasteiger charge is 2.24. The molecule has 0 radical (unpaired) electrons. The van der Waals surface area contributed by atoms with Crippen molar-refractivity contribution in [3.8, 4) is 0 Å². The Labute approximate surface area is 95.0 Å². The summed E-state index contributed by atoms with van der Waals surface area (Å²) in [7, 11) is 0. The molecule has 0 amide bonds. The predicted molar refractivity (Wildman–Crippen MR) is 65.6 cm³/mol. The molecule has 0 saturated heterocycles. The number of benzene rings is 1. The van der Waals surface area contributed by atoms with Crippen LogP contribution >= 0.6 is 0 Å². The van der Waals surface area contributed by atoms with Crippen molar-refractivity contribution in [3.63, 3.8) is 0 Å². The minimum Gasteiger partial charge on any atom is -0.269 e. The van der Waals surface area contributed by atoms with Gasteiger partial charge in [0, 0.05) is 6.42 Å². The number of nitrogens with one attached hydrogen (secondary N) is 2. The first-order valence-electron chi connectivity index (χ1n) is 5.20. The van der Waals surface area contributed by atoms with Crippen LogP contribution in [0.1, 0.15) is 12.0 Å². The van der Waals surface area contributed by atoms with Crippen molar-refractivity contribution >= 4 is 5.57 Å². The predicted octanol–water partition coefficient (Wildman–Crippen LogP) is 0.653. The zero-order chi connectivity index (χ0) is 11.4. The third-order valence-corrected chi connectivity index (χ3v) is 2.81. The normalized spacial score (nSPS) is 18.2. The van der Waals surface area contributed by atoms with Crippen LogP contribution in [0.5, 0.6) is 0 Å². The van der Waals surface area contributed by atoms with Crippen molar-refractivity contribution in [1.82, 2.24) is 10.9 Å². The largest absolute Gasteiger partial charge is 0.269 e. The highest BCUT2D eigenvalue weighted by atomic mass is 15.4. The van der Waals surface area contributed by atoms with Crippen molar-refractivity contribution in [2.75, 3.05) is 0 Å². The van der Waals surface area contributed by atoms with Crippen LogP contribution in [0.2, 0.25) is 0 Å². The van der Waals surface area contributed by atoms with E-state index < -0.39 is 5.66 Å². The van der Waals surface area contributed by atoms with Crippen molar-refractivity contribution in [3.05, 3.63) is 54.1 Å². The van der Waals surface area contributed by atoms with E-state index in [9.17, 15) is 0 Å². The summed E-state index contributed by atoms with van der Waals surface area (Å²) in [5, 5.41) is 0. The fourth-order valence-corrected chi connectivity index (χ4v) is 1.74. The second-order valence-electron chi connectivity index (χ2n) is 3.82. The fraction of sp³-hybridized carbons (Fsp3) is 0.167. The maximum absolute atomic E-state index is 5.46. The first-order valence-corrected chi connectivity index (χ1v) is 5.20. The first-order chi connectivity index (χ1) is 7.79. The number of allylic oxidation sites excluding steroid dienone is 2. The zero-order valence-electron chi connectivity index (χ0n) is 8.98. The van der Waals surface area contributed by atoms with Crippen LogP contribution in [0.4, 0.5) is 0 Å². The molecule has 0 unspecified atom stereocenters. The molecule has 2 rings (SSSR count). The van der Waals surface area contributed by atoms with Gasteiger partial charge in [0.15, 0.2) is 0 Å². The third kappa shape index (κ3) is 2.05. The fourth-order valence-electron chi connectivity index (χ4n) is 1.74. The molecule has 1 aliphatic rings. The van der Waals surface area contributed by atoms with Gasteiger partial charge in [-0.15, -0.1) is 0 Å². The first kappa shape index (κ1) is 11.0. The number of hydrazine groups is 2. The van der Waals surface area contributed by atoms with Crippen LogP contribution in [-0.4, -0.2) is 5.66 Å². The Kier molecular flexibility index (Phi) is 3.17. The van der Waals surface area contributed by atoms with Gasteiger partial charge in [0.05, 0.1) is 0 Å². The van der Waals surface area contributed by atoms with E-state index in [1.165, 1.54) is 11.1 Å². The maximum atomic E-state index is 5.46. The molecule has 0 saturated carbocycles. The molecular formula is C12H16N4. The van der Waals surface area contributed by atoms with E-state index in [1.54, 1.807) is 0 Å². The van der Waals surface area contributed by atoms with Gasteiger partial charge in [-0.05, 0) is 17.2 Å². The van der Waals surface area contributed by atoms with Crippen molar-refractivity contribution in [2.24, 2.45) is 11.7 Å². The van der Waals surface area contributed by atoms with Crippen molar-refractivity contribution < 1.29 is 0 Å². The lowest BCUT2D eigenvalue weighted by atomic mass is 9.94. The molecule has 0 spiro atoms. The van der Waals surface area contributed by atoms with Crippen LogP contribution < -0.4 is 22.5 Å². The Morgan fingerprint density at radius 2 is 1.75 bits per heavy atom. The van der Waals surface area contributed by atoms with E-state index in [2.05, 4.69) is 29.1 Å². The van der Waals surface area contributed by atoms with Gasteiger partial charge in [-0.1, -0.05) is 42.5 Å².